The molecule has 2 heterocycles. The Morgan fingerprint density at radius 2 is 2.33 bits per heavy atom. The number of hydrogen-bond donors (Lipinski definition) is 2. The van der Waals surface area contributed by atoms with E-state index >= 15 is 0 Å². The van der Waals surface area contributed by atoms with E-state index in [2.05, 4.69) is 4.98 Å². The highest BCUT2D eigenvalue weighted by Gasteiger charge is 2.26. The van der Waals surface area contributed by atoms with Gasteiger partial charge in [-0.15, -0.1) is 0 Å². The second-order valence-corrected chi connectivity index (χ2v) is 3.49. The van der Waals surface area contributed by atoms with Crippen LogP contribution in [0.4, 0.5) is 0 Å². The molecule has 1 aromatic rings. The number of ether oxygens (including phenoxy) is 1. The van der Waals surface area contributed by atoms with Gasteiger partial charge in [0.1, 0.15) is 6.23 Å². The molecule has 82 valence electrons. The van der Waals surface area contributed by atoms with Gasteiger partial charge >= 0.3 is 5.69 Å². The Kier molecular flexibility index (Phi) is 2.70. The van der Waals surface area contributed by atoms with Gasteiger partial charge in [-0.3, -0.25) is 14.3 Å². The van der Waals surface area contributed by atoms with Crippen LogP contribution in [0.15, 0.2) is 21.9 Å². The van der Waals surface area contributed by atoms with Crippen LogP contribution in [0.25, 0.3) is 0 Å². The number of aromatic nitrogens is 2. The van der Waals surface area contributed by atoms with Crippen molar-refractivity contribution >= 4 is 0 Å². The van der Waals surface area contributed by atoms with Crippen LogP contribution >= 0.6 is 0 Å². The second kappa shape index (κ2) is 4.00. The van der Waals surface area contributed by atoms with Crippen LogP contribution in [-0.4, -0.2) is 27.4 Å². The molecule has 6 heteroatoms. The quantitative estimate of drug-likeness (QED) is 0.672. The Labute approximate surface area is 85.1 Å². The van der Waals surface area contributed by atoms with Gasteiger partial charge in [0.2, 0.25) is 0 Å². The van der Waals surface area contributed by atoms with Crippen molar-refractivity contribution in [2.24, 2.45) is 0 Å². The Bertz CT molecular complexity index is 450. The fourth-order valence-electron chi connectivity index (χ4n) is 1.68. The molecule has 2 rings (SSSR count). The first-order valence-electron chi connectivity index (χ1n) is 4.78. The van der Waals surface area contributed by atoms with E-state index in [1.165, 1.54) is 16.8 Å². The molecule has 2 atom stereocenters. The van der Waals surface area contributed by atoms with Gasteiger partial charge in [0, 0.05) is 12.3 Å². The summed E-state index contributed by atoms with van der Waals surface area (Å²) in [6.45, 7) is -0.0470. The maximum atomic E-state index is 11.4. The molecule has 1 aliphatic rings. The third-order valence-electron chi connectivity index (χ3n) is 2.45. The summed E-state index contributed by atoms with van der Waals surface area (Å²) in [6.07, 6.45) is 2.19. The zero-order valence-electron chi connectivity index (χ0n) is 8.05. The Morgan fingerprint density at radius 1 is 1.53 bits per heavy atom. The van der Waals surface area contributed by atoms with Gasteiger partial charge in [-0.2, -0.15) is 0 Å². The highest BCUT2D eigenvalue weighted by molar-refractivity contribution is 4.85. The predicted molar refractivity (Wildman–Crippen MR) is 51.6 cm³/mol. The van der Waals surface area contributed by atoms with E-state index in [1.807, 2.05) is 0 Å². The standard InChI is InChI=1S/C9H12N2O4/c12-5-6-1-2-8(15-6)11-4-3-7(13)10-9(11)14/h3-4,6,8,12H,1-2,5H2,(H,10,13,14)/t6-,8-/m0/s1. The minimum atomic E-state index is -0.480. The monoisotopic (exact) mass is 212 g/mol. The topological polar surface area (TPSA) is 84.3 Å². The number of aliphatic hydroxyl groups is 1. The van der Waals surface area contributed by atoms with Crippen molar-refractivity contribution in [1.29, 1.82) is 0 Å². The molecule has 1 aromatic heterocycles. The zero-order valence-corrected chi connectivity index (χ0v) is 8.05. The second-order valence-electron chi connectivity index (χ2n) is 3.49. The number of aromatic amines is 1. The Hall–Kier alpha value is -1.40. The summed E-state index contributed by atoms with van der Waals surface area (Å²) in [7, 11) is 0. The normalized spacial score (nSPS) is 25.7. The van der Waals surface area contributed by atoms with Crippen molar-refractivity contribution in [1.82, 2.24) is 9.55 Å². The molecular formula is C9H12N2O4. The molecule has 1 fully saturated rings. The summed E-state index contributed by atoms with van der Waals surface area (Å²) in [5, 5.41) is 8.87. The number of hydrogen-bond acceptors (Lipinski definition) is 4. The summed E-state index contributed by atoms with van der Waals surface area (Å²) in [5.74, 6) is 0. The van der Waals surface area contributed by atoms with Crippen LogP contribution in [0.3, 0.4) is 0 Å². The average Bonchev–Trinajstić information content (AvgIpc) is 2.66. The molecule has 15 heavy (non-hydrogen) atoms. The summed E-state index contributed by atoms with van der Waals surface area (Å²) in [6, 6.07) is 1.27. The number of nitrogens with one attached hydrogen (secondary N) is 1. The van der Waals surface area contributed by atoms with E-state index < -0.39 is 11.2 Å². The first-order chi connectivity index (χ1) is 7.20. The summed E-state index contributed by atoms with van der Waals surface area (Å²) < 4.78 is 6.74. The predicted octanol–water partition coefficient (Wildman–Crippen LogP) is -0.794. The lowest BCUT2D eigenvalue weighted by molar-refractivity contribution is -0.0246. The van der Waals surface area contributed by atoms with E-state index in [-0.39, 0.29) is 18.9 Å². The van der Waals surface area contributed by atoms with Gasteiger partial charge in [-0.25, -0.2) is 4.79 Å². The van der Waals surface area contributed by atoms with E-state index in [1.54, 1.807) is 0 Å². The molecule has 1 saturated heterocycles. The van der Waals surface area contributed by atoms with Gasteiger partial charge in [0.25, 0.3) is 5.56 Å². The smallest absolute Gasteiger partial charge is 0.330 e. The number of H-pyrrole nitrogens is 1. The van der Waals surface area contributed by atoms with Gasteiger partial charge in [0.15, 0.2) is 0 Å². The number of nitrogens with zero attached hydrogens (tertiary/aromatic N) is 1. The fraction of sp³-hybridized carbons (Fsp3) is 0.556. The van der Waals surface area contributed by atoms with Crippen LogP contribution in [0.1, 0.15) is 19.1 Å². The molecule has 0 amide bonds. The Balaban J connectivity index is 2.24. The van der Waals surface area contributed by atoms with Crippen molar-refractivity contribution in [2.75, 3.05) is 6.61 Å². The molecule has 0 saturated carbocycles. The maximum Gasteiger partial charge on any atom is 0.330 e. The summed E-state index contributed by atoms with van der Waals surface area (Å²) >= 11 is 0. The van der Waals surface area contributed by atoms with Crippen molar-refractivity contribution in [2.45, 2.75) is 25.2 Å². The minimum absolute atomic E-state index is 0.0470. The van der Waals surface area contributed by atoms with Crippen molar-refractivity contribution in [3.8, 4) is 0 Å². The van der Waals surface area contributed by atoms with Crippen molar-refractivity contribution < 1.29 is 9.84 Å². The molecule has 0 aromatic carbocycles. The van der Waals surface area contributed by atoms with Gasteiger partial charge in [0.05, 0.1) is 12.7 Å². The number of rotatable bonds is 2. The van der Waals surface area contributed by atoms with Crippen LogP contribution in [0, 0.1) is 0 Å². The van der Waals surface area contributed by atoms with Crippen LogP contribution < -0.4 is 11.2 Å². The van der Waals surface area contributed by atoms with Crippen LogP contribution in [0.2, 0.25) is 0 Å². The fourth-order valence-corrected chi connectivity index (χ4v) is 1.68. The molecule has 0 spiro atoms. The highest BCUT2D eigenvalue weighted by atomic mass is 16.5. The SMILES string of the molecule is O=c1ccn([C@@H]2CC[C@@H](CO)O2)c(=O)[nH]1. The van der Waals surface area contributed by atoms with Gasteiger partial charge in [-0.1, -0.05) is 0 Å². The lowest BCUT2D eigenvalue weighted by Crippen LogP contribution is -2.31. The van der Waals surface area contributed by atoms with Crippen LogP contribution in [-0.2, 0) is 4.74 Å². The van der Waals surface area contributed by atoms with E-state index in [4.69, 9.17) is 9.84 Å². The molecule has 0 aliphatic carbocycles. The molecular weight excluding hydrogens is 200 g/mol. The zero-order chi connectivity index (χ0) is 10.8. The summed E-state index contributed by atoms with van der Waals surface area (Å²) in [4.78, 5) is 24.4. The third kappa shape index (κ3) is 2.00. The largest absolute Gasteiger partial charge is 0.394 e. The Morgan fingerprint density at radius 3 is 2.93 bits per heavy atom. The molecule has 2 N–H and O–H groups in total. The first kappa shape index (κ1) is 10.1. The van der Waals surface area contributed by atoms with Gasteiger partial charge < -0.3 is 9.84 Å². The van der Waals surface area contributed by atoms with Crippen molar-refractivity contribution in [3.05, 3.63) is 33.1 Å². The molecule has 0 bridgehead atoms. The number of aliphatic hydroxyl groups excluding tert-OH is 1. The molecule has 6 nitrogen and oxygen atoms in total. The first-order valence-corrected chi connectivity index (χ1v) is 4.78. The average molecular weight is 212 g/mol. The molecule has 0 unspecified atom stereocenters. The van der Waals surface area contributed by atoms with Crippen LogP contribution in [0.5, 0.6) is 0 Å². The highest BCUT2D eigenvalue weighted by Crippen LogP contribution is 2.26. The van der Waals surface area contributed by atoms with E-state index in [9.17, 15) is 9.59 Å². The maximum absolute atomic E-state index is 11.4. The minimum Gasteiger partial charge on any atom is -0.394 e. The van der Waals surface area contributed by atoms with Crippen molar-refractivity contribution in [3.63, 3.8) is 0 Å². The lowest BCUT2D eigenvalue weighted by atomic mass is 10.2. The van der Waals surface area contributed by atoms with Gasteiger partial charge in [-0.05, 0) is 12.8 Å². The van der Waals surface area contributed by atoms with E-state index in [0.29, 0.717) is 12.8 Å². The van der Waals surface area contributed by atoms with E-state index in [0.717, 1.165) is 0 Å². The lowest BCUT2D eigenvalue weighted by Gasteiger charge is -2.13. The molecule has 0 radical (unpaired) electrons. The summed E-state index contributed by atoms with van der Waals surface area (Å²) in [5.41, 5.74) is -0.904. The molecule has 1 aliphatic heterocycles. The third-order valence-corrected chi connectivity index (χ3v) is 2.45.